The molecule has 4 nitrogen and oxygen atoms in total. The summed E-state index contributed by atoms with van der Waals surface area (Å²) >= 11 is 0. The van der Waals surface area contributed by atoms with Gasteiger partial charge < -0.3 is 15.6 Å². The summed E-state index contributed by atoms with van der Waals surface area (Å²) in [6.45, 7) is 4.27. The lowest BCUT2D eigenvalue weighted by Gasteiger charge is -2.10. The fourth-order valence-corrected chi connectivity index (χ4v) is 1.95. The summed E-state index contributed by atoms with van der Waals surface area (Å²) in [5.74, 6) is -0.817. The van der Waals surface area contributed by atoms with E-state index in [-0.39, 0.29) is 11.6 Å². The monoisotopic (exact) mass is 261 g/mol. The third-order valence-corrected chi connectivity index (χ3v) is 2.95. The van der Waals surface area contributed by atoms with E-state index in [0.29, 0.717) is 23.5 Å². The fourth-order valence-electron chi connectivity index (χ4n) is 1.95. The lowest BCUT2D eigenvalue weighted by Crippen LogP contribution is -2.17. The van der Waals surface area contributed by atoms with E-state index in [4.69, 9.17) is 5.73 Å². The number of amides is 1. The molecule has 0 saturated carbocycles. The van der Waals surface area contributed by atoms with Gasteiger partial charge in [-0.1, -0.05) is 12.1 Å². The zero-order chi connectivity index (χ0) is 14.0. The maximum atomic E-state index is 13.7. The number of nitrogens with zero attached hydrogens (tertiary/aromatic N) is 1. The van der Waals surface area contributed by atoms with Crippen molar-refractivity contribution in [2.75, 3.05) is 11.1 Å². The van der Waals surface area contributed by atoms with E-state index in [1.165, 1.54) is 6.07 Å². The van der Waals surface area contributed by atoms with Crippen LogP contribution in [0.4, 0.5) is 15.8 Å². The topological polar surface area (TPSA) is 60.0 Å². The summed E-state index contributed by atoms with van der Waals surface area (Å²) < 4.78 is 15.4. The Morgan fingerprint density at radius 3 is 2.84 bits per heavy atom. The molecule has 0 atom stereocenters. The zero-order valence-electron chi connectivity index (χ0n) is 10.9. The lowest BCUT2D eigenvalue weighted by atomic mass is 10.2. The molecule has 3 N–H and O–H groups in total. The van der Waals surface area contributed by atoms with E-state index in [1.807, 2.05) is 6.92 Å². The summed E-state index contributed by atoms with van der Waals surface area (Å²) in [5.41, 5.74) is 7.48. The minimum absolute atomic E-state index is 0.204. The molecule has 1 amide bonds. The van der Waals surface area contributed by atoms with Gasteiger partial charge in [-0.15, -0.1) is 0 Å². The third-order valence-electron chi connectivity index (χ3n) is 2.95. The maximum Gasteiger partial charge on any atom is 0.272 e. The van der Waals surface area contributed by atoms with Crippen LogP contribution in [0.25, 0.3) is 0 Å². The van der Waals surface area contributed by atoms with Gasteiger partial charge in [0.25, 0.3) is 5.91 Å². The molecule has 0 aliphatic heterocycles. The van der Waals surface area contributed by atoms with Crippen molar-refractivity contribution < 1.29 is 9.18 Å². The molecule has 1 heterocycles. The molecule has 0 fully saturated rings. The van der Waals surface area contributed by atoms with Gasteiger partial charge in [0, 0.05) is 12.7 Å². The maximum absolute atomic E-state index is 13.7. The molecule has 0 saturated heterocycles. The van der Waals surface area contributed by atoms with Crippen LogP contribution in [0.3, 0.4) is 0 Å². The zero-order valence-corrected chi connectivity index (χ0v) is 10.9. The first-order valence-corrected chi connectivity index (χ1v) is 6.05. The number of carbonyl (C=O) groups excluding carboxylic acids is 1. The van der Waals surface area contributed by atoms with Gasteiger partial charge >= 0.3 is 0 Å². The molecule has 0 spiro atoms. The molecule has 19 heavy (non-hydrogen) atoms. The fraction of sp³-hybridized carbons (Fsp3) is 0.214. The molecule has 0 aliphatic carbocycles. The highest BCUT2D eigenvalue weighted by atomic mass is 19.1. The first kappa shape index (κ1) is 13.1. The van der Waals surface area contributed by atoms with Crippen LogP contribution in [0.15, 0.2) is 30.5 Å². The minimum Gasteiger partial charge on any atom is -0.397 e. The number of hydrogen-bond donors (Lipinski definition) is 2. The van der Waals surface area contributed by atoms with Crippen LogP contribution in [0.2, 0.25) is 0 Å². The van der Waals surface area contributed by atoms with Crippen LogP contribution in [-0.4, -0.2) is 10.5 Å². The van der Waals surface area contributed by atoms with Gasteiger partial charge in [-0.05, 0) is 31.5 Å². The Labute approximate surface area is 111 Å². The highest BCUT2D eigenvalue weighted by Crippen LogP contribution is 2.20. The second kappa shape index (κ2) is 5.14. The minimum atomic E-state index is -0.448. The Hall–Kier alpha value is -2.30. The molecule has 5 heteroatoms. The van der Waals surface area contributed by atoms with Crippen LogP contribution >= 0.6 is 0 Å². The Bertz CT molecular complexity index is 599. The quantitative estimate of drug-likeness (QED) is 0.892. The van der Waals surface area contributed by atoms with Crippen LogP contribution in [0.5, 0.6) is 0 Å². The van der Waals surface area contributed by atoms with Crippen molar-refractivity contribution in [3.63, 3.8) is 0 Å². The van der Waals surface area contributed by atoms with Crippen molar-refractivity contribution in [1.82, 2.24) is 4.57 Å². The number of halogens is 1. The second-order valence-electron chi connectivity index (χ2n) is 4.33. The normalized spacial score (nSPS) is 10.5. The van der Waals surface area contributed by atoms with Gasteiger partial charge in [-0.3, -0.25) is 4.79 Å². The Kier molecular flexibility index (Phi) is 3.55. The molecule has 0 radical (unpaired) electrons. The van der Waals surface area contributed by atoms with Crippen LogP contribution in [0, 0.1) is 12.7 Å². The molecule has 2 aromatic rings. The largest absolute Gasteiger partial charge is 0.397 e. The van der Waals surface area contributed by atoms with Gasteiger partial charge in [0.2, 0.25) is 0 Å². The summed E-state index contributed by atoms with van der Waals surface area (Å²) in [4.78, 5) is 12.2. The van der Waals surface area contributed by atoms with Crippen molar-refractivity contribution in [2.45, 2.75) is 20.4 Å². The number of nitrogen functional groups attached to an aromatic ring is 1. The van der Waals surface area contributed by atoms with Gasteiger partial charge in [-0.25, -0.2) is 4.39 Å². The highest BCUT2D eigenvalue weighted by molar-refractivity contribution is 6.04. The van der Waals surface area contributed by atoms with Gasteiger partial charge in [0.15, 0.2) is 0 Å². The van der Waals surface area contributed by atoms with Crippen molar-refractivity contribution in [1.29, 1.82) is 0 Å². The van der Waals surface area contributed by atoms with Crippen LogP contribution in [-0.2, 0) is 6.54 Å². The number of nitrogens with two attached hydrogens (primary N) is 1. The van der Waals surface area contributed by atoms with Crippen LogP contribution in [0.1, 0.15) is 23.0 Å². The number of aromatic nitrogens is 1. The number of carbonyl (C=O) groups is 1. The smallest absolute Gasteiger partial charge is 0.272 e. The van der Waals surface area contributed by atoms with E-state index in [9.17, 15) is 9.18 Å². The van der Waals surface area contributed by atoms with Gasteiger partial charge in [0.1, 0.15) is 11.5 Å². The lowest BCUT2D eigenvalue weighted by molar-refractivity contribution is 0.101. The molecule has 0 unspecified atom stereocenters. The second-order valence-corrected chi connectivity index (χ2v) is 4.33. The number of rotatable bonds is 3. The average Bonchev–Trinajstić information content (AvgIpc) is 2.75. The van der Waals surface area contributed by atoms with E-state index < -0.39 is 5.82 Å². The highest BCUT2D eigenvalue weighted by Gasteiger charge is 2.15. The molecule has 0 bridgehead atoms. The molecular formula is C14H16FN3O. The van der Waals surface area contributed by atoms with Gasteiger partial charge in [-0.2, -0.15) is 0 Å². The predicted molar refractivity (Wildman–Crippen MR) is 73.6 cm³/mol. The molecular weight excluding hydrogens is 245 g/mol. The Morgan fingerprint density at radius 2 is 2.21 bits per heavy atom. The van der Waals surface area contributed by atoms with Crippen molar-refractivity contribution in [2.24, 2.45) is 0 Å². The first-order chi connectivity index (χ1) is 9.02. The number of benzene rings is 1. The number of nitrogens with one attached hydrogen (secondary N) is 1. The predicted octanol–water partition coefficient (Wildman–Crippen LogP) is 2.79. The van der Waals surface area contributed by atoms with E-state index in [2.05, 4.69) is 5.32 Å². The van der Waals surface area contributed by atoms with Crippen molar-refractivity contribution in [3.05, 3.63) is 47.5 Å². The number of anilines is 2. The van der Waals surface area contributed by atoms with E-state index in [1.54, 1.807) is 35.9 Å². The van der Waals surface area contributed by atoms with Crippen molar-refractivity contribution >= 4 is 17.3 Å². The number of para-hydroxylation sites is 1. The van der Waals surface area contributed by atoms with E-state index in [0.717, 1.165) is 0 Å². The molecule has 1 aromatic heterocycles. The summed E-state index contributed by atoms with van der Waals surface area (Å²) in [6.07, 6.45) is 1.68. The summed E-state index contributed by atoms with van der Waals surface area (Å²) in [6, 6.07) is 6.24. The molecule has 0 aliphatic rings. The van der Waals surface area contributed by atoms with Gasteiger partial charge in [0.05, 0.1) is 11.4 Å². The van der Waals surface area contributed by atoms with Crippen LogP contribution < -0.4 is 11.1 Å². The third kappa shape index (κ3) is 2.59. The average molecular weight is 261 g/mol. The Balaban J connectivity index is 2.31. The van der Waals surface area contributed by atoms with Crippen molar-refractivity contribution in [3.8, 4) is 0 Å². The number of hydrogen-bond acceptors (Lipinski definition) is 2. The number of aryl methyl sites for hydroxylation is 2. The summed E-state index contributed by atoms with van der Waals surface area (Å²) in [7, 11) is 0. The first-order valence-electron chi connectivity index (χ1n) is 6.05. The Morgan fingerprint density at radius 1 is 1.47 bits per heavy atom. The standard InChI is InChI=1S/C14H16FN3O/c1-3-18-8-10(16)7-12(18)14(19)17-13-9(2)5-4-6-11(13)15/h4-8H,3,16H2,1-2H3,(H,17,19). The van der Waals surface area contributed by atoms with E-state index >= 15 is 0 Å². The molecule has 1 aromatic carbocycles. The molecule has 2 rings (SSSR count). The SMILES string of the molecule is CCn1cc(N)cc1C(=O)Nc1c(C)cccc1F. The molecule has 100 valence electrons. The summed E-state index contributed by atoms with van der Waals surface area (Å²) in [5, 5.41) is 2.59.